The molecule has 34 heavy (non-hydrogen) atoms. The maximum atomic E-state index is 13.9. The van der Waals surface area contributed by atoms with Crippen molar-refractivity contribution in [1.29, 1.82) is 0 Å². The maximum Gasteiger partial charge on any atom is 0.280 e. The SMILES string of the molecule is Cc1ccc(C(N)CC(N)N/C(=N\C(=O)c2ccc(F)c(F)c2)NCCCOC(C)C)cc1F. The van der Waals surface area contributed by atoms with E-state index in [0.29, 0.717) is 30.7 Å². The number of aliphatic imine (C=N–C) groups is 1. The number of benzene rings is 2. The first kappa shape index (κ1) is 27.3. The summed E-state index contributed by atoms with van der Waals surface area (Å²) in [6, 6.07) is 6.92. The third kappa shape index (κ3) is 8.77. The number of hydrogen-bond acceptors (Lipinski definition) is 4. The van der Waals surface area contributed by atoms with Crippen LogP contribution in [-0.4, -0.2) is 37.3 Å². The van der Waals surface area contributed by atoms with E-state index >= 15 is 0 Å². The van der Waals surface area contributed by atoms with Gasteiger partial charge in [0, 0.05) is 24.8 Å². The first-order valence-electron chi connectivity index (χ1n) is 11.0. The molecule has 2 aromatic rings. The number of ether oxygens (including phenoxy) is 1. The molecular formula is C24H32F3N5O2. The van der Waals surface area contributed by atoms with Crippen molar-refractivity contribution in [1.82, 2.24) is 10.6 Å². The second kappa shape index (κ2) is 13.1. The van der Waals surface area contributed by atoms with Gasteiger partial charge < -0.3 is 26.8 Å². The van der Waals surface area contributed by atoms with Gasteiger partial charge in [-0.3, -0.25) is 4.79 Å². The van der Waals surface area contributed by atoms with Crippen LogP contribution in [0.3, 0.4) is 0 Å². The fraction of sp³-hybridized carbons (Fsp3) is 0.417. The third-order valence-electron chi connectivity index (χ3n) is 4.90. The number of aryl methyl sites for hydroxylation is 1. The molecule has 0 saturated heterocycles. The Morgan fingerprint density at radius 1 is 1.06 bits per heavy atom. The van der Waals surface area contributed by atoms with Crippen LogP contribution in [0.25, 0.3) is 0 Å². The van der Waals surface area contributed by atoms with Crippen molar-refractivity contribution in [2.24, 2.45) is 16.5 Å². The van der Waals surface area contributed by atoms with E-state index < -0.39 is 29.7 Å². The molecule has 2 atom stereocenters. The van der Waals surface area contributed by atoms with Gasteiger partial charge in [0.2, 0.25) is 5.96 Å². The number of guanidine groups is 1. The number of amides is 1. The van der Waals surface area contributed by atoms with Gasteiger partial charge in [0.1, 0.15) is 5.82 Å². The number of nitrogens with zero attached hydrogens (tertiary/aromatic N) is 1. The van der Waals surface area contributed by atoms with Gasteiger partial charge in [-0.05, 0) is 69.0 Å². The Morgan fingerprint density at radius 3 is 2.44 bits per heavy atom. The fourth-order valence-corrected chi connectivity index (χ4v) is 3.00. The fourth-order valence-electron chi connectivity index (χ4n) is 3.00. The van der Waals surface area contributed by atoms with Gasteiger partial charge in [-0.1, -0.05) is 12.1 Å². The van der Waals surface area contributed by atoms with Crippen molar-refractivity contribution < 1.29 is 22.7 Å². The highest BCUT2D eigenvalue weighted by Crippen LogP contribution is 2.18. The van der Waals surface area contributed by atoms with E-state index in [2.05, 4.69) is 15.6 Å². The first-order chi connectivity index (χ1) is 16.1. The quantitative estimate of drug-likeness (QED) is 0.180. The molecule has 0 saturated carbocycles. The van der Waals surface area contributed by atoms with E-state index in [9.17, 15) is 18.0 Å². The normalized spacial score (nSPS) is 13.6. The largest absolute Gasteiger partial charge is 0.379 e. The van der Waals surface area contributed by atoms with E-state index in [1.165, 1.54) is 6.07 Å². The number of nitrogens with one attached hydrogen (secondary N) is 2. The van der Waals surface area contributed by atoms with E-state index in [4.69, 9.17) is 16.2 Å². The average Bonchev–Trinajstić information content (AvgIpc) is 2.76. The lowest BCUT2D eigenvalue weighted by molar-refractivity contribution is 0.0776. The highest BCUT2D eigenvalue weighted by Gasteiger charge is 2.16. The third-order valence-corrected chi connectivity index (χ3v) is 4.90. The zero-order valence-electron chi connectivity index (χ0n) is 19.6. The van der Waals surface area contributed by atoms with Crippen LogP contribution in [0, 0.1) is 24.4 Å². The number of carbonyl (C=O) groups is 1. The average molecular weight is 480 g/mol. The molecule has 2 aromatic carbocycles. The highest BCUT2D eigenvalue weighted by molar-refractivity contribution is 6.02. The summed E-state index contributed by atoms with van der Waals surface area (Å²) in [6.45, 7) is 6.40. The van der Waals surface area contributed by atoms with Gasteiger partial charge in [0.25, 0.3) is 5.91 Å². The van der Waals surface area contributed by atoms with Gasteiger partial charge in [0.05, 0.1) is 12.3 Å². The Labute approximate surface area is 197 Å². The maximum absolute atomic E-state index is 13.9. The summed E-state index contributed by atoms with van der Waals surface area (Å²) in [5.74, 6) is -3.31. The van der Waals surface area contributed by atoms with E-state index in [1.54, 1.807) is 19.1 Å². The van der Waals surface area contributed by atoms with Gasteiger partial charge in [-0.25, -0.2) is 13.2 Å². The van der Waals surface area contributed by atoms with Crippen LogP contribution in [0.15, 0.2) is 41.4 Å². The van der Waals surface area contributed by atoms with Crippen molar-refractivity contribution in [3.8, 4) is 0 Å². The molecule has 0 radical (unpaired) electrons. The molecule has 2 unspecified atom stereocenters. The molecule has 0 fully saturated rings. The Bertz CT molecular complexity index is 1000. The van der Waals surface area contributed by atoms with Gasteiger partial charge in [-0.15, -0.1) is 0 Å². The Morgan fingerprint density at radius 2 is 1.79 bits per heavy atom. The van der Waals surface area contributed by atoms with Gasteiger partial charge in [-0.2, -0.15) is 4.99 Å². The van der Waals surface area contributed by atoms with E-state index in [1.807, 2.05) is 13.8 Å². The second-order valence-corrected chi connectivity index (χ2v) is 8.20. The molecule has 0 heterocycles. The van der Waals surface area contributed by atoms with Crippen molar-refractivity contribution in [2.75, 3.05) is 13.2 Å². The predicted octanol–water partition coefficient (Wildman–Crippen LogP) is 3.28. The van der Waals surface area contributed by atoms with Crippen molar-refractivity contribution in [3.63, 3.8) is 0 Å². The molecule has 2 rings (SSSR count). The number of nitrogens with two attached hydrogens (primary N) is 2. The second-order valence-electron chi connectivity index (χ2n) is 8.20. The minimum atomic E-state index is -1.15. The van der Waals surface area contributed by atoms with Crippen LogP contribution < -0.4 is 22.1 Å². The zero-order valence-corrected chi connectivity index (χ0v) is 19.6. The summed E-state index contributed by atoms with van der Waals surface area (Å²) in [7, 11) is 0. The number of hydrogen-bond donors (Lipinski definition) is 4. The minimum absolute atomic E-state index is 0.0501. The Hall–Kier alpha value is -2.95. The molecule has 0 aliphatic heterocycles. The molecule has 7 nitrogen and oxygen atoms in total. The summed E-state index contributed by atoms with van der Waals surface area (Å²) in [5, 5.41) is 5.85. The van der Waals surface area contributed by atoms with Crippen molar-refractivity contribution >= 4 is 11.9 Å². The number of rotatable bonds is 10. The van der Waals surface area contributed by atoms with Crippen LogP contribution in [0.5, 0.6) is 0 Å². The monoisotopic (exact) mass is 479 g/mol. The molecule has 0 aliphatic carbocycles. The molecule has 0 bridgehead atoms. The van der Waals surface area contributed by atoms with Crippen LogP contribution >= 0.6 is 0 Å². The molecule has 186 valence electrons. The number of carbonyl (C=O) groups excluding carboxylic acids is 1. The standard InChI is InChI=1S/C24H32F3N5O2/c1-14(2)34-10-4-9-30-24(32-23(33)17-7-8-18(25)20(27)12-17)31-22(29)13-21(28)16-6-5-15(3)19(26)11-16/h5-8,11-12,14,21-22H,4,9-10,13,28-29H2,1-3H3,(H2,30,31,32,33). The molecule has 0 spiro atoms. The van der Waals surface area contributed by atoms with Crippen LogP contribution in [0.1, 0.15) is 54.2 Å². The molecular weight excluding hydrogens is 447 g/mol. The molecule has 6 N–H and O–H groups in total. The van der Waals surface area contributed by atoms with Crippen LogP contribution in [0.2, 0.25) is 0 Å². The first-order valence-corrected chi connectivity index (χ1v) is 11.0. The van der Waals surface area contributed by atoms with E-state index in [-0.39, 0.29) is 29.9 Å². The molecule has 10 heteroatoms. The molecule has 0 aliphatic rings. The van der Waals surface area contributed by atoms with Crippen LogP contribution in [-0.2, 0) is 4.74 Å². The zero-order chi connectivity index (χ0) is 25.3. The van der Waals surface area contributed by atoms with Crippen molar-refractivity contribution in [3.05, 3.63) is 70.5 Å². The van der Waals surface area contributed by atoms with Gasteiger partial charge in [0.15, 0.2) is 11.6 Å². The topological polar surface area (TPSA) is 115 Å². The summed E-state index contributed by atoms with van der Waals surface area (Å²) in [5.41, 5.74) is 13.3. The van der Waals surface area contributed by atoms with E-state index in [0.717, 1.165) is 18.2 Å². The lowest BCUT2D eigenvalue weighted by atomic mass is 10.0. The summed E-state index contributed by atoms with van der Waals surface area (Å²) >= 11 is 0. The predicted molar refractivity (Wildman–Crippen MR) is 126 cm³/mol. The summed E-state index contributed by atoms with van der Waals surface area (Å²) < 4.78 is 46.1. The summed E-state index contributed by atoms with van der Waals surface area (Å²) in [4.78, 5) is 16.4. The van der Waals surface area contributed by atoms with Gasteiger partial charge >= 0.3 is 0 Å². The molecule has 1 amide bonds. The Balaban J connectivity index is 2.08. The lowest BCUT2D eigenvalue weighted by Crippen LogP contribution is -2.49. The van der Waals surface area contributed by atoms with Crippen molar-refractivity contribution in [2.45, 2.75) is 51.9 Å². The highest BCUT2D eigenvalue weighted by atomic mass is 19.2. The lowest BCUT2D eigenvalue weighted by Gasteiger charge is -2.21. The smallest absolute Gasteiger partial charge is 0.280 e. The Kier molecular flexibility index (Phi) is 10.5. The minimum Gasteiger partial charge on any atom is -0.379 e. The van der Waals surface area contributed by atoms with Crippen LogP contribution in [0.4, 0.5) is 13.2 Å². The molecule has 0 aromatic heterocycles. The number of halogens is 3. The summed E-state index contributed by atoms with van der Waals surface area (Å²) in [6.07, 6.45) is 0.173.